The molecule has 0 aliphatic carbocycles. The third kappa shape index (κ3) is 2.85. The molecule has 2 aromatic rings. The molecular formula is C10H9BrClN5. The van der Waals surface area contributed by atoms with E-state index in [0.29, 0.717) is 16.7 Å². The fraction of sp³-hybridized carbons (Fsp3) is 0. The van der Waals surface area contributed by atoms with Crippen LogP contribution in [0.25, 0.3) is 0 Å². The van der Waals surface area contributed by atoms with E-state index in [2.05, 4.69) is 36.6 Å². The van der Waals surface area contributed by atoms with Crippen LogP contribution in [0.5, 0.6) is 0 Å². The van der Waals surface area contributed by atoms with Crippen molar-refractivity contribution in [1.82, 2.24) is 9.97 Å². The minimum atomic E-state index is 0.528. The van der Waals surface area contributed by atoms with Crippen LogP contribution in [0.2, 0.25) is 5.02 Å². The number of nitrogen functional groups attached to an aromatic ring is 1. The molecule has 17 heavy (non-hydrogen) atoms. The van der Waals surface area contributed by atoms with Gasteiger partial charge >= 0.3 is 0 Å². The molecule has 0 spiro atoms. The molecule has 0 radical (unpaired) electrons. The van der Waals surface area contributed by atoms with Gasteiger partial charge in [0, 0.05) is 6.07 Å². The first kappa shape index (κ1) is 12.1. The zero-order valence-electron chi connectivity index (χ0n) is 8.61. The van der Waals surface area contributed by atoms with Crippen LogP contribution >= 0.6 is 27.5 Å². The molecule has 0 unspecified atom stereocenters. The molecule has 1 heterocycles. The van der Waals surface area contributed by atoms with Gasteiger partial charge in [0.05, 0.1) is 15.2 Å². The molecule has 0 aliphatic heterocycles. The van der Waals surface area contributed by atoms with Crippen molar-refractivity contribution in [3.8, 4) is 0 Å². The third-order valence-corrected chi connectivity index (χ3v) is 3.43. The van der Waals surface area contributed by atoms with E-state index >= 15 is 0 Å². The molecule has 4 N–H and O–H groups in total. The Balaban J connectivity index is 2.28. The van der Waals surface area contributed by atoms with Gasteiger partial charge in [-0.15, -0.1) is 0 Å². The Morgan fingerprint density at radius 3 is 2.76 bits per heavy atom. The topological polar surface area (TPSA) is 75.9 Å². The first-order valence-corrected chi connectivity index (χ1v) is 5.87. The fourth-order valence-corrected chi connectivity index (χ4v) is 1.78. The Hall–Kier alpha value is -1.37. The van der Waals surface area contributed by atoms with Gasteiger partial charge in [-0.05, 0) is 28.1 Å². The zero-order valence-corrected chi connectivity index (χ0v) is 11.0. The van der Waals surface area contributed by atoms with Gasteiger partial charge in [-0.2, -0.15) is 0 Å². The lowest BCUT2D eigenvalue weighted by atomic mass is 10.3. The number of nitrogens with two attached hydrogens (primary N) is 1. The van der Waals surface area contributed by atoms with Gasteiger partial charge in [-0.3, -0.25) is 0 Å². The summed E-state index contributed by atoms with van der Waals surface area (Å²) < 4.78 is 0.780. The molecule has 0 saturated heterocycles. The van der Waals surface area contributed by atoms with Crippen LogP contribution in [0.1, 0.15) is 0 Å². The number of hydrogen-bond donors (Lipinski definition) is 3. The van der Waals surface area contributed by atoms with Gasteiger partial charge in [0.2, 0.25) is 0 Å². The molecule has 0 fully saturated rings. The molecule has 0 aliphatic rings. The van der Waals surface area contributed by atoms with Crippen molar-refractivity contribution in [1.29, 1.82) is 0 Å². The molecule has 88 valence electrons. The first-order chi connectivity index (χ1) is 8.20. The van der Waals surface area contributed by atoms with E-state index < -0.39 is 0 Å². The van der Waals surface area contributed by atoms with Gasteiger partial charge in [0.1, 0.15) is 18.0 Å². The average Bonchev–Trinajstić information content (AvgIpc) is 2.35. The number of anilines is 3. The summed E-state index contributed by atoms with van der Waals surface area (Å²) in [6, 6.07) is 7.21. The van der Waals surface area contributed by atoms with Gasteiger partial charge in [-0.1, -0.05) is 17.7 Å². The Bertz CT molecular complexity index is 534. The SMILES string of the molecule is NNc1cc(Nc2cccc(Cl)c2Br)ncn1. The number of halogens is 2. The highest BCUT2D eigenvalue weighted by molar-refractivity contribution is 9.10. The predicted octanol–water partition coefficient (Wildman–Crippen LogP) is 2.92. The molecule has 7 heteroatoms. The van der Waals surface area contributed by atoms with Crippen LogP contribution in [-0.4, -0.2) is 9.97 Å². The summed E-state index contributed by atoms with van der Waals surface area (Å²) in [5.41, 5.74) is 3.27. The van der Waals surface area contributed by atoms with Gasteiger partial charge in [-0.25, -0.2) is 15.8 Å². The second kappa shape index (κ2) is 5.31. The van der Waals surface area contributed by atoms with Crippen molar-refractivity contribution >= 4 is 44.9 Å². The number of nitrogens with zero attached hydrogens (tertiary/aromatic N) is 2. The van der Waals surface area contributed by atoms with Crippen molar-refractivity contribution < 1.29 is 0 Å². The maximum atomic E-state index is 5.99. The number of benzene rings is 1. The smallest absolute Gasteiger partial charge is 0.145 e. The van der Waals surface area contributed by atoms with E-state index in [0.717, 1.165) is 10.2 Å². The highest BCUT2D eigenvalue weighted by atomic mass is 79.9. The van der Waals surface area contributed by atoms with E-state index in [-0.39, 0.29) is 0 Å². The summed E-state index contributed by atoms with van der Waals surface area (Å²) in [7, 11) is 0. The first-order valence-electron chi connectivity index (χ1n) is 4.70. The Morgan fingerprint density at radius 2 is 2.00 bits per heavy atom. The van der Waals surface area contributed by atoms with E-state index in [4.69, 9.17) is 17.4 Å². The predicted molar refractivity (Wildman–Crippen MR) is 72.3 cm³/mol. The minimum Gasteiger partial charge on any atom is -0.339 e. The second-order valence-corrected chi connectivity index (χ2v) is 4.36. The van der Waals surface area contributed by atoms with Gasteiger partial charge in [0.25, 0.3) is 0 Å². The normalized spacial score (nSPS) is 10.1. The molecule has 5 nitrogen and oxygen atoms in total. The van der Waals surface area contributed by atoms with E-state index in [1.165, 1.54) is 6.33 Å². The van der Waals surface area contributed by atoms with Crippen LogP contribution in [-0.2, 0) is 0 Å². The van der Waals surface area contributed by atoms with Crippen molar-refractivity contribution in [3.63, 3.8) is 0 Å². The van der Waals surface area contributed by atoms with E-state index in [9.17, 15) is 0 Å². The van der Waals surface area contributed by atoms with Crippen LogP contribution < -0.4 is 16.6 Å². The number of rotatable bonds is 3. The average molecular weight is 315 g/mol. The Kier molecular flexibility index (Phi) is 3.78. The van der Waals surface area contributed by atoms with Crippen molar-refractivity contribution in [2.45, 2.75) is 0 Å². The number of aromatic nitrogens is 2. The largest absolute Gasteiger partial charge is 0.339 e. The molecule has 1 aromatic carbocycles. The lowest BCUT2D eigenvalue weighted by Gasteiger charge is -2.09. The second-order valence-electron chi connectivity index (χ2n) is 3.16. The molecule has 2 rings (SSSR count). The highest BCUT2D eigenvalue weighted by Crippen LogP contribution is 2.31. The third-order valence-electron chi connectivity index (χ3n) is 2.03. The van der Waals surface area contributed by atoms with Crippen LogP contribution in [0.4, 0.5) is 17.3 Å². The Labute approximate surface area is 112 Å². The number of hydrogen-bond acceptors (Lipinski definition) is 5. The fourth-order valence-electron chi connectivity index (χ4n) is 1.24. The van der Waals surface area contributed by atoms with Crippen molar-refractivity contribution in [2.24, 2.45) is 5.84 Å². The molecular weight excluding hydrogens is 306 g/mol. The molecule has 0 atom stereocenters. The van der Waals surface area contributed by atoms with Crippen molar-refractivity contribution in [3.05, 3.63) is 40.1 Å². The molecule has 0 amide bonds. The van der Waals surface area contributed by atoms with Crippen LogP contribution in [0.3, 0.4) is 0 Å². The summed E-state index contributed by atoms with van der Waals surface area (Å²) in [5, 5.41) is 3.74. The quantitative estimate of drug-likeness (QED) is 0.600. The number of hydrazine groups is 1. The zero-order chi connectivity index (χ0) is 12.3. The summed E-state index contributed by atoms with van der Waals surface area (Å²) >= 11 is 9.38. The van der Waals surface area contributed by atoms with Crippen LogP contribution in [0.15, 0.2) is 35.1 Å². The maximum absolute atomic E-state index is 5.99. The highest BCUT2D eigenvalue weighted by Gasteiger charge is 2.05. The van der Waals surface area contributed by atoms with Gasteiger partial charge in [0.15, 0.2) is 0 Å². The van der Waals surface area contributed by atoms with E-state index in [1.54, 1.807) is 12.1 Å². The monoisotopic (exact) mass is 313 g/mol. The van der Waals surface area contributed by atoms with E-state index in [1.807, 2.05) is 12.1 Å². The minimum absolute atomic E-state index is 0.528. The summed E-state index contributed by atoms with van der Waals surface area (Å²) in [6.45, 7) is 0. The maximum Gasteiger partial charge on any atom is 0.145 e. The summed E-state index contributed by atoms with van der Waals surface area (Å²) in [5.74, 6) is 6.42. The lowest BCUT2D eigenvalue weighted by molar-refractivity contribution is 1.14. The lowest BCUT2D eigenvalue weighted by Crippen LogP contribution is -2.09. The molecule has 0 bridgehead atoms. The van der Waals surface area contributed by atoms with Gasteiger partial charge < -0.3 is 10.7 Å². The van der Waals surface area contributed by atoms with Crippen molar-refractivity contribution in [2.75, 3.05) is 10.7 Å². The number of nitrogens with one attached hydrogen (secondary N) is 2. The molecule has 1 aromatic heterocycles. The van der Waals surface area contributed by atoms with Crippen LogP contribution in [0, 0.1) is 0 Å². The summed E-state index contributed by atoms with van der Waals surface area (Å²) in [6.07, 6.45) is 1.41. The Morgan fingerprint density at radius 1 is 1.24 bits per heavy atom. The summed E-state index contributed by atoms with van der Waals surface area (Å²) in [4.78, 5) is 7.99. The molecule has 0 saturated carbocycles. The standard InChI is InChI=1S/C10H9BrClN5/c11-10-6(12)2-1-3-7(10)16-8-4-9(17-13)15-5-14-8/h1-5H,13H2,(H2,14,15,16,17).